The first-order chi connectivity index (χ1) is 12.2. The van der Waals surface area contributed by atoms with E-state index in [0.717, 1.165) is 0 Å². The molecule has 126 valence electrons. The van der Waals surface area contributed by atoms with Crippen LogP contribution in [0, 0.1) is 0 Å². The van der Waals surface area contributed by atoms with Crippen molar-refractivity contribution in [2.24, 2.45) is 0 Å². The maximum Gasteiger partial charge on any atom is 0.342 e. The topological polar surface area (TPSA) is 65.7 Å². The average molecular weight is 336 g/mol. The van der Waals surface area contributed by atoms with Crippen LogP contribution in [0.1, 0.15) is 5.56 Å². The van der Waals surface area contributed by atoms with Crippen molar-refractivity contribution >= 4 is 34.4 Å². The number of methoxy groups -OCH3 is 2. The van der Waals surface area contributed by atoms with E-state index in [2.05, 4.69) is 4.74 Å². The minimum Gasteiger partial charge on any atom is -0.466 e. The van der Waals surface area contributed by atoms with E-state index in [1.807, 2.05) is 42.5 Å². The molecule has 0 spiro atoms. The molecule has 1 aromatic heterocycles. The molecule has 3 aromatic rings. The summed E-state index contributed by atoms with van der Waals surface area (Å²) >= 11 is 0. The highest BCUT2D eigenvalue weighted by molar-refractivity contribution is 6.17. The molecule has 25 heavy (non-hydrogen) atoms. The molecule has 0 aliphatic rings. The van der Waals surface area contributed by atoms with Crippen LogP contribution in [-0.4, -0.2) is 26.2 Å². The number of hydrogen-bond acceptors (Lipinski definition) is 5. The van der Waals surface area contributed by atoms with Crippen molar-refractivity contribution in [3.8, 4) is 0 Å². The smallest absolute Gasteiger partial charge is 0.342 e. The van der Waals surface area contributed by atoms with Crippen molar-refractivity contribution in [1.82, 2.24) is 0 Å². The molecular weight excluding hydrogens is 320 g/mol. The van der Waals surface area contributed by atoms with Gasteiger partial charge in [-0.2, -0.15) is 0 Å². The van der Waals surface area contributed by atoms with Gasteiger partial charge in [0.1, 0.15) is 11.0 Å². The zero-order valence-electron chi connectivity index (χ0n) is 13.8. The molecule has 0 radical (unpaired) electrons. The fourth-order valence-electron chi connectivity index (χ4n) is 2.62. The van der Waals surface area contributed by atoms with Gasteiger partial charge in [-0.15, -0.1) is 0 Å². The van der Waals surface area contributed by atoms with Gasteiger partial charge >= 0.3 is 11.9 Å². The van der Waals surface area contributed by atoms with E-state index < -0.39 is 11.9 Å². The second-order valence-electron chi connectivity index (χ2n) is 5.24. The molecule has 5 heteroatoms. The van der Waals surface area contributed by atoms with Crippen molar-refractivity contribution < 1.29 is 23.5 Å². The lowest BCUT2D eigenvalue weighted by molar-refractivity contribution is -0.134. The van der Waals surface area contributed by atoms with Gasteiger partial charge in [0.25, 0.3) is 0 Å². The zero-order valence-corrected chi connectivity index (χ0v) is 13.8. The van der Waals surface area contributed by atoms with E-state index in [4.69, 9.17) is 9.15 Å². The van der Waals surface area contributed by atoms with Crippen LogP contribution in [0.4, 0.5) is 0 Å². The number of fused-ring (bicyclic) bond motifs is 1. The molecule has 0 aliphatic carbocycles. The van der Waals surface area contributed by atoms with Gasteiger partial charge in [-0.25, -0.2) is 9.59 Å². The molecule has 0 fully saturated rings. The first kappa shape index (κ1) is 16.5. The van der Waals surface area contributed by atoms with E-state index in [-0.39, 0.29) is 0 Å². The largest absolute Gasteiger partial charge is 0.466 e. The van der Waals surface area contributed by atoms with Crippen LogP contribution in [-0.2, 0) is 19.1 Å². The lowest BCUT2D eigenvalue weighted by atomic mass is 10.0. The second kappa shape index (κ2) is 7.05. The highest BCUT2D eigenvalue weighted by Gasteiger charge is 2.18. The summed E-state index contributed by atoms with van der Waals surface area (Å²) in [4.78, 5) is 24.1. The van der Waals surface area contributed by atoms with Crippen molar-refractivity contribution in [2.75, 3.05) is 14.2 Å². The predicted octanol–water partition coefficient (Wildman–Crippen LogP) is 1.76. The van der Waals surface area contributed by atoms with Crippen LogP contribution < -0.4 is 10.8 Å². The van der Waals surface area contributed by atoms with Crippen LogP contribution >= 0.6 is 0 Å². The lowest BCUT2D eigenvalue weighted by Crippen LogP contribution is -2.16. The number of esters is 2. The van der Waals surface area contributed by atoms with Crippen molar-refractivity contribution in [2.45, 2.75) is 0 Å². The summed E-state index contributed by atoms with van der Waals surface area (Å²) in [5.41, 5.74) is 1.64. The van der Waals surface area contributed by atoms with Crippen molar-refractivity contribution in [3.63, 3.8) is 0 Å². The van der Waals surface area contributed by atoms with Crippen molar-refractivity contribution in [3.05, 3.63) is 71.0 Å². The van der Waals surface area contributed by atoms with Gasteiger partial charge in [-0.05, 0) is 5.56 Å². The van der Waals surface area contributed by atoms with Gasteiger partial charge < -0.3 is 13.9 Å². The molecule has 0 saturated carbocycles. The van der Waals surface area contributed by atoms with Crippen LogP contribution in [0.5, 0.6) is 0 Å². The second-order valence-corrected chi connectivity index (χ2v) is 5.24. The van der Waals surface area contributed by atoms with Crippen LogP contribution in [0.25, 0.3) is 22.4 Å². The Kier molecular flexibility index (Phi) is 4.66. The number of ether oxygens (including phenoxy) is 2. The number of carbonyl (C=O) groups excluding carboxylic acids is 2. The highest BCUT2D eigenvalue weighted by atomic mass is 16.5. The Morgan fingerprint density at radius 2 is 1.52 bits per heavy atom. The van der Waals surface area contributed by atoms with Gasteiger partial charge in [-0.3, -0.25) is 0 Å². The van der Waals surface area contributed by atoms with Gasteiger partial charge in [0.05, 0.1) is 20.3 Å². The highest BCUT2D eigenvalue weighted by Crippen LogP contribution is 2.15. The van der Waals surface area contributed by atoms with E-state index in [1.165, 1.54) is 20.3 Å². The van der Waals surface area contributed by atoms with Crippen LogP contribution in [0.3, 0.4) is 0 Å². The molecule has 0 unspecified atom stereocenters. The third-order valence-electron chi connectivity index (χ3n) is 3.78. The molecule has 0 bridgehead atoms. The van der Waals surface area contributed by atoms with E-state index in [1.54, 1.807) is 12.1 Å². The summed E-state index contributed by atoms with van der Waals surface area (Å²) < 4.78 is 15.5. The summed E-state index contributed by atoms with van der Waals surface area (Å²) in [5.74, 6) is -1.05. The van der Waals surface area contributed by atoms with Gasteiger partial charge in [0, 0.05) is 10.8 Å². The Labute approximate surface area is 143 Å². The van der Waals surface area contributed by atoms with Gasteiger partial charge in [0.15, 0.2) is 5.42 Å². The number of hydrogen-bond donors (Lipinski definition) is 0. The molecule has 0 saturated heterocycles. The molecular formula is C20H16O5. The fourth-order valence-corrected chi connectivity index (χ4v) is 2.62. The first-order valence-corrected chi connectivity index (χ1v) is 7.61. The Morgan fingerprint density at radius 1 is 0.880 bits per heavy atom. The monoisotopic (exact) mass is 336 g/mol. The fraction of sp³-hybridized carbons (Fsp3) is 0.100. The van der Waals surface area contributed by atoms with E-state index >= 15 is 0 Å². The minimum absolute atomic E-state index is 0.295. The molecule has 0 N–H and O–H groups in total. The quantitative estimate of drug-likeness (QED) is 0.682. The normalized spacial score (nSPS) is 12.8. The summed E-state index contributed by atoms with van der Waals surface area (Å²) in [7, 11) is 2.61. The molecule has 5 nitrogen and oxygen atoms in total. The maximum absolute atomic E-state index is 12.4. The van der Waals surface area contributed by atoms with Crippen LogP contribution in [0.15, 0.2) is 59.0 Å². The van der Waals surface area contributed by atoms with Gasteiger partial charge in [0.2, 0.25) is 0 Å². The van der Waals surface area contributed by atoms with Crippen LogP contribution in [0.2, 0.25) is 0 Å². The Hall–Kier alpha value is -3.34. The number of benzene rings is 2. The third-order valence-corrected chi connectivity index (χ3v) is 3.78. The Balaban J connectivity index is 2.47. The van der Waals surface area contributed by atoms with E-state index in [0.29, 0.717) is 32.7 Å². The standard InChI is InChI=1S/C20H16O5/c1-23-17(21)12-16-14-10-6-7-11-15(14)19(25-16)18(20(22)24-2)13-8-4-3-5-9-13/h3-12H,1-2H3/b16-12-,19-18+. The zero-order chi connectivity index (χ0) is 17.8. The Bertz CT molecular complexity index is 1040. The van der Waals surface area contributed by atoms with Crippen molar-refractivity contribution in [1.29, 1.82) is 0 Å². The molecule has 3 rings (SSSR count). The van der Waals surface area contributed by atoms with Gasteiger partial charge in [-0.1, -0.05) is 54.6 Å². The number of carbonyl (C=O) groups is 2. The lowest BCUT2D eigenvalue weighted by Gasteiger charge is -2.04. The average Bonchev–Trinajstić information content (AvgIpc) is 3.01. The summed E-state index contributed by atoms with van der Waals surface area (Å²) in [6, 6.07) is 16.4. The first-order valence-electron chi connectivity index (χ1n) is 7.61. The summed E-state index contributed by atoms with van der Waals surface area (Å²) in [6.45, 7) is 0. The Morgan fingerprint density at radius 3 is 2.16 bits per heavy atom. The minimum atomic E-state index is -0.537. The maximum atomic E-state index is 12.4. The SMILES string of the molecule is COC(=O)/C=c1\o/c(=C(/C(=O)OC)c2ccccc2)c2ccccc12. The molecule has 2 aromatic carbocycles. The van der Waals surface area contributed by atoms with E-state index in [9.17, 15) is 9.59 Å². The summed E-state index contributed by atoms with van der Waals surface area (Å²) in [5, 5.41) is 1.42. The molecule has 0 atom stereocenters. The number of furan rings is 1. The molecule has 0 aliphatic heterocycles. The summed E-state index contributed by atoms with van der Waals surface area (Å²) in [6.07, 6.45) is 1.26. The third kappa shape index (κ3) is 3.17. The molecule has 1 heterocycles. The molecule has 0 amide bonds. The predicted molar refractivity (Wildman–Crippen MR) is 92.9 cm³/mol. The number of rotatable bonds is 3.